The lowest BCUT2D eigenvalue weighted by Crippen LogP contribution is -2.34. The number of likely N-dealkylation sites (N-methyl/N-ethyl adjacent to an activating group) is 1. The number of para-hydroxylation sites is 1. The molecule has 0 aliphatic heterocycles. The SMILES string of the molecule is CCc1ccccc1NC(=S)NCCN(C)C. The summed E-state index contributed by atoms with van der Waals surface area (Å²) in [6.07, 6.45) is 1.00. The number of nitrogens with one attached hydrogen (secondary N) is 2. The number of hydrogen-bond acceptors (Lipinski definition) is 2. The molecule has 2 N–H and O–H groups in total. The van der Waals surface area contributed by atoms with Crippen molar-refractivity contribution >= 4 is 23.0 Å². The Morgan fingerprint density at radius 1 is 1.29 bits per heavy atom. The first-order valence-corrected chi connectivity index (χ1v) is 6.31. The third-order valence-corrected chi connectivity index (χ3v) is 2.74. The quantitative estimate of drug-likeness (QED) is 0.784. The van der Waals surface area contributed by atoms with E-state index in [1.54, 1.807) is 0 Å². The third kappa shape index (κ3) is 5.15. The van der Waals surface area contributed by atoms with Crippen molar-refractivity contribution in [3.05, 3.63) is 29.8 Å². The monoisotopic (exact) mass is 251 g/mol. The van der Waals surface area contributed by atoms with Crippen molar-refractivity contribution in [2.75, 3.05) is 32.5 Å². The first-order valence-electron chi connectivity index (χ1n) is 5.91. The number of rotatable bonds is 5. The highest BCUT2D eigenvalue weighted by Gasteiger charge is 2.01. The first kappa shape index (κ1) is 13.9. The van der Waals surface area contributed by atoms with Crippen molar-refractivity contribution in [3.63, 3.8) is 0 Å². The number of aryl methyl sites for hydroxylation is 1. The second-order valence-electron chi connectivity index (χ2n) is 4.19. The largest absolute Gasteiger partial charge is 0.361 e. The lowest BCUT2D eigenvalue weighted by atomic mass is 10.1. The Balaban J connectivity index is 2.45. The van der Waals surface area contributed by atoms with Gasteiger partial charge in [0.05, 0.1) is 0 Å². The maximum atomic E-state index is 5.25. The van der Waals surface area contributed by atoms with Gasteiger partial charge in [0.15, 0.2) is 5.11 Å². The fraction of sp³-hybridized carbons (Fsp3) is 0.462. The van der Waals surface area contributed by atoms with Gasteiger partial charge in [0.25, 0.3) is 0 Å². The van der Waals surface area contributed by atoms with Crippen LogP contribution >= 0.6 is 12.2 Å². The molecular weight excluding hydrogens is 230 g/mol. The minimum atomic E-state index is 0.688. The molecule has 0 bridgehead atoms. The van der Waals surface area contributed by atoms with E-state index in [1.165, 1.54) is 5.56 Å². The summed E-state index contributed by atoms with van der Waals surface area (Å²) < 4.78 is 0. The van der Waals surface area contributed by atoms with Crippen LogP contribution in [0.3, 0.4) is 0 Å². The smallest absolute Gasteiger partial charge is 0.170 e. The van der Waals surface area contributed by atoms with Gasteiger partial charge in [0.2, 0.25) is 0 Å². The van der Waals surface area contributed by atoms with E-state index in [0.717, 1.165) is 25.2 Å². The van der Waals surface area contributed by atoms with Crippen LogP contribution in [0.1, 0.15) is 12.5 Å². The van der Waals surface area contributed by atoms with Crippen LogP contribution in [-0.2, 0) is 6.42 Å². The highest BCUT2D eigenvalue weighted by Crippen LogP contribution is 2.14. The number of benzene rings is 1. The Kier molecular flexibility index (Phi) is 5.94. The molecule has 3 nitrogen and oxygen atoms in total. The summed E-state index contributed by atoms with van der Waals surface area (Å²) in [5.41, 5.74) is 2.38. The van der Waals surface area contributed by atoms with Crippen LogP contribution in [0.4, 0.5) is 5.69 Å². The molecular formula is C13H21N3S. The zero-order chi connectivity index (χ0) is 12.7. The van der Waals surface area contributed by atoms with Gasteiger partial charge in [-0.15, -0.1) is 0 Å². The van der Waals surface area contributed by atoms with Crippen molar-refractivity contribution in [3.8, 4) is 0 Å². The second-order valence-corrected chi connectivity index (χ2v) is 4.60. The molecule has 0 radical (unpaired) electrons. The lowest BCUT2D eigenvalue weighted by Gasteiger charge is -2.15. The summed E-state index contributed by atoms with van der Waals surface area (Å²) in [4.78, 5) is 2.12. The van der Waals surface area contributed by atoms with Crippen molar-refractivity contribution < 1.29 is 0 Å². The fourth-order valence-corrected chi connectivity index (χ4v) is 1.72. The zero-order valence-corrected chi connectivity index (χ0v) is 11.6. The minimum Gasteiger partial charge on any atom is -0.361 e. The molecule has 1 aromatic rings. The highest BCUT2D eigenvalue weighted by molar-refractivity contribution is 7.80. The molecule has 0 atom stereocenters. The van der Waals surface area contributed by atoms with E-state index in [1.807, 2.05) is 26.2 Å². The van der Waals surface area contributed by atoms with E-state index in [2.05, 4.69) is 34.6 Å². The van der Waals surface area contributed by atoms with E-state index in [4.69, 9.17) is 12.2 Å². The van der Waals surface area contributed by atoms with E-state index in [9.17, 15) is 0 Å². The zero-order valence-electron chi connectivity index (χ0n) is 10.8. The van der Waals surface area contributed by atoms with Gasteiger partial charge in [-0.3, -0.25) is 0 Å². The average Bonchev–Trinajstić information content (AvgIpc) is 2.29. The second kappa shape index (κ2) is 7.25. The molecule has 0 saturated heterocycles. The molecule has 0 spiro atoms. The molecule has 1 rings (SSSR count). The maximum Gasteiger partial charge on any atom is 0.170 e. The van der Waals surface area contributed by atoms with Gasteiger partial charge in [-0.05, 0) is 44.4 Å². The Morgan fingerprint density at radius 2 is 2.00 bits per heavy atom. The van der Waals surface area contributed by atoms with Gasteiger partial charge < -0.3 is 15.5 Å². The molecule has 0 fully saturated rings. The summed E-state index contributed by atoms with van der Waals surface area (Å²) in [7, 11) is 4.09. The first-order chi connectivity index (χ1) is 8.13. The average molecular weight is 251 g/mol. The summed E-state index contributed by atoms with van der Waals surface area (Å²) in [5.74, 6) is 0. The molecule has 94 valence electrons. The standard InChI is InChI=1S/C13H21N3S/c1-4-11-7-5-6-8-12(11)15-13(17)14-9-10-16(2)3/h5-8H,4,9-10H2,1-3H3,(H2,14,15,17). The number of hydrogen-bond donors (Lipinski definition) is 2. The summed E-state index contributed by atoms with van der Waals surface area (Å²) in [6, 6.07) is 8.24. The summed E-state index contributed by atoms with van der Waals surface area (Å²) in [6.45, 7) is 3.97. The lowest BCUT2D eigenvalue weighted by molar-refractivity contribution is 0.413. The highest BCUT2D eigenvalue weighted by atomic mass is 32.1. The van der Waals surface area contributed by atoms with Crippen LogP contribution in [0.25, 0.3) is 0 Å². The van der Waals surface area contributed by atoms with Crippen LogP contribution in [0, 0.1) is 0 Å². The van der Waals surface area contributed by atoms with Crippen molar-refractivity contribution in [2.45, 2.75) is 13.3 Å². The Labute approximate surface area is 109 Å². The predicted octanol–water partition coefficient (Wildman–Crippen LogP) is 2.10. The normalized spacial score (nSPS) is 10.4. The molecule has 17 heavy (non-hydrogen) atoms. The van der Waals surface area contributed by atoms with E-state index < -0.39 is 0 Å². The van der Waals surface area contributed by atoms with Gasteiger partial charge >= 0.3 is 0 Å². The topological polar surface area (TPSA) is 27.3 Å². The van der Waals surface area contributed by atoms with Gasteiger partial charge in [0.1, 0.15) is 0 Å². The molecule has 4 heteroatoms. The van der Waals surface area contributed by atoms with Crippen LogP contribution < -0.4 is 10.6 Å². The van der Waals surface area contributed by atoms with Gasteiger partial charge in [-0.2, -0.15) is 0 Å². The third-order valence-electron chi connectivity index (χ3n) is 2.49. The van der Waals surface area contributed by atoms with Crippen LogP contribution in [-0.4, -0.2) is 37.2 Å². The van der Waals surface area contributed by atoms with Crippen LogP contribution in [0.5, 0.6) is 0 Å². The Morgan fingerprint density at radius 3 is 2.65 bits per heavy atom. The maximum absolute atomic E-state index is 5.25. The fourth-order valence-electron chi connectivity index (χ4n) is 1.51. The minimum absolute atomic E-state index is 0.688. The molecule has 0 aliphatic carbocycles. The molecule has 0 unspecified atom stereocenters. The van der Waals surface area contributed by atoms with E-state index >= 15 is 0 Å². The Hall–Kier alpha value is -1.13. The van der Waals surface area contributed by atoms with Crippen molar-refractivity contribution in [1.29, 1.82) is 0 Å². The molecule has 0 aliphatic rings. The molecule has 0 heterocycles. The molecule has 1 aromatic carbocycles. The van der Waals surface area contributed by atoms with Gasteiger partial charge in [0, 0.05) is 18.8 Å². The van der Waals surface area contributed by atoms with Crippen molar-refractivity contribution in [2.24, 2.45) is 0 Å². The van der Waals surface area contributed by atoms with E-state index in [-0.39, 0.29) is 0 Å². The molecule has 0 saturated carbocycles. The number of thiocarbonyl (C=S) groups is 1. The molecule has 0 aromatic heterocycles. The predicted molar refractivity (Wildman–Crippen MR) is 78.6 cm³/mol. The molecule has 0 amide bonds. The summed E-state index contributed by atoms with van der Waals surface area (Å²) >= 11 is 5.25. The van der Waals surface area contributed by atoms with Gasteiger partial charge in [-0.25, -0.2) is 0 Å². The number of nitrogens with zero attached hydrogens (tertiary/aromatic N) is 1. The van der Waals surface area contributed by atoms with Crippen molar-refractivity contribution in [1.82, 2.24) is 10.2 Å². The van der Waals surface area contributed by atoms with Crippen LogP contribution in [0.2, 0.25) is 0 Å². The Bertz CT molecular complexity index is 363. The van der Waals surface area contributed by atoms with Gasteiger partial charge in [-0.1, -0.05) is 25.1 Å². The number of anilines is 1. The van der Waals surface area contributed by atoms with E-state index in [0.29, 0.717) is 5.11 Å². The summed E-state index contributed by atoms with van der Waals surface area (Å²) in [5, 5.41) is 7.12. The van der Waals surface area contributed by atoms with Crippen LogP contribution in [0.15, 0.2) is 24.3 Å².